The van der Waals surface area contributed by atoms with Gasteiger partial charge in [0, 0.05) is 0 Å². The van der Waals surface area contributed by atoms with E-state index in [0.717, 1.165) is 17.9 Å². The first-order valence-corrected chi connectivity index (χ1v) is 6.12. The quantitative estimate of drug-likeness (QED) is 0.888. The molecule has 0 fully saturated rings. The van der Waals surface area contributed by atoms with Crippen LogP contribution < -0.4 is 5.32 Å². The largest absolute Gasteiger partial charge is 0.467 e. The van der Waals surface area contributed by atoms with E-state index in [1.54, 1.807) is 24.5 Å². The Balaban J connectivity index is 2.25. The molecule has 2 rings (SSSR count). The summed E-state index contributed by atoms with van der Waals surface area (Å²) in [7, 11) is 0. The minimum Gasteiger partial charge on any atom is -0.467 e. The van der Waals surface area contributed by atoms with Gasteiger partial charge in [0.05, 0.1) is 34.6 Å². The highest BCUT2D eigenvalue weighted by Gasteiger charge is 2.13. The van der Waals surface area contributed by atoms with Gasteiger partial charge in [0.25, 0.3) is 0 Å². The molecule has 0 aliphatic carbocycles. The molecule has 3 nitrogen and oxygen atoms in total. The lowest BCUT2D eigenvalue weighted by molar-refractivity contribution is 0.474. The van der Waals surface area contributed by atoms with Gasteiger partial charge in [0.2, 0.25) is 0 Å². The molecule has 1 aromatic heterocycles. The predicted octanol–water partition coefficient (Wildman–Crippen LogP) is 4.37. The summed E-state index contributed by atoms with van der Waals surface area (Å²) in [6, 6.07) is 11.1. The fourth-order valence-corrected chi connectivity index (χ4v) is 1.93. The molecule has 0 radical (unpaired) electrons. The molecule has 1 unspecified atom stereocenters. The third-order valence-electron chi connectivity index (χ3n) is 2.72. The molecule has 0 spiro atoms. The Morgan fingerprint density at radius 3 is 2.89 bits per heavy atom. The standard InChI is InChI=1S/C14H13ClN2O/c1-2-12(14-4-3-7-18-14)17-13-8-10(9-16)5-6-11(13)15/h3-8,12,17H,2H2,1H3. The Morgan fingerprint density at radius 2 is 2.28 bits per heavy atom. The van der Waals surface area contributed by atoms with Gasteiger partial charge in [-0.3, -0.25) is 0 Å². The zero-order valence-electron chi connectivity index (χ0n) is 9.98. The van der Waals surface area contributed by atoms with Crippen LogP contribution in [0.5, 0.6) is 0 Å². The van der Waals surface area contributed by atoms with Gasteiger partial charge in [-0.25, -0.2) is 0 Å². The summed E-state index contributed by atoms with van der Waals surface area (Å²) in [5.41, 5.74) is 1.33. The van der Waals surface area contributed by atoms with Crippen LogP contribution in [0.1, 0.15) is 30.7 Å². The van der Waals surface area contributed by atoms with Gasteiger partial charge in [-0.05, 0) is 36.8 Å². The molecule has 0 aliphatic heterocycles. The Bertz CT molecular complexity index is 558. The summed E-state index contributed by atoms with van der Waals surface area (Å²) >= 11 is 6.11. The average molecular weight is 261 g/mol. The molecule has 0 amide bonds. The van der Waals surface area contributed by atoms with Crippen LogP contribution in [0, 0.1) is 11.3 Å². The molecule has 4 heteroatoms. The molecule has 1 heterocycles. The number of nitrogens with one attached hydrogen (secondary N) is 1. The van der Waals surface area contributed by atoms with Gasteiger partial charge in [0.1, 0.15) is 5.76 Å². The average Bonchev–Trinajstić information content (AvgIpc) is 2.91. The van der Waals surface area contributed by atoms with Crippen molar-refractivity contribution < 1.29 is 4.42 Å². The Morgan fingerprint density at radius 1 is 1.44 bits per heavy atom. The van der Waals surface area contributed by atoms with Crippen LogP contribution in [0.3, 0.4) is 0 Å². The first-order valence-electron chi connectivity index (χ1n) is 5.74. The highest BCUT2D eigenvalue weighted by molar-refractivity contribution is 6.33. The van der Waals surface area contributed by atoms with Crippen molar-refractivity contribution in [2.45, 2.75) is 19.4 Å². The Labute approximate surface area is 111 Å². The number of nitriles is 1. The molecule has 0 bridgehead atoms. The van der Waals surface area contributed by atoms with Crippen LogP contribution in [0.15, 0.2) is 41.0 Å². The van der Waals surface area contributed by atoms with E-state index in [-0.39, 0.29) is 6.04 Å². The molecular formula is C14H13ClN2O. The van der Waals surface area contributed by atoms with Crippen LogP contribution in [-0.4, -0.2) is 0 Å². The first-order chi connectivity index (χ1) is 8.74. The number of anilines is 1. The minimum absolute atomic E-state index is 0.0476. The Hall–Kier alpha value is -1.92. The molecule has 1 N–H and O–H groups in total. The minimum atomic E-state index is 0.0476. The summed E-state index contributed by atoms with van der Waals surface area (Å²) in [5, 5.41) is 12.8. The third kappa shape index (κ3) is 2.66. The number of nitrogens with zero attached hydrogens (tertiary/aromatic N) is 1. The SMILES string of the molecule is CCC(Nc1cc(C#N)ccc1Cl)c1ccco1. The van der Waals surface area contributed by atoms with E-state index in [0.29, 0.717) is 10.6 Å². The highest BCUT2D eigenvalue weighted by Crippen LogP contribution is 2.28. The van der Waals surface area contributed by atoms with E-state index >= 15 is 0 Å². The number of hydrogen-bond acceptors (Lipinski definition) is 3. The monoisotopic (exact) mass is 260 g/mol. The van der Waals surface area contributed by atoms with E-state index in [1.807, 2.05) is 12.1 Å². The molecule has 0 saturated carbocycles. The number of rotatable bonds is 4. The van der Waals surface area contributed by atoms with Gasteiger partial charge >= 0.3 is 0 Å². The molecule has 1 atom stereocenters. The number of benzene rings is 1. The van der Waals surface area contributed by atoms with Crippen molar-refractivity contribution in [3.63, 3.8) is 0 Å². The molecular weight excluding hydrogens is 248 g/mol. The molecule has 0 aliphatic rings. The molecule has 2 aromatic rings. The number of halogens is 1. The van der Waals surface area contributed by atoms with E-state index in [2.05, 4.69) is 18.3 Å². The second kappa shape index (κ2) is 5.61. The van der Waals surface area contributed by atoms with Crippen molar-refractivity contribution >= 4 is 17.3 Å². The van der Waals surface area contributed by atoms with Crippen molar-refractivity contribution in [1.29, 1.82) is 5.26 Å². The summed E-state index contributed by atoms with van der Waals surface area (Å²) < 4.78 is 5.38. The molecule has 0 saturated heterocycles. The normalized spacial score (nSPS) is 11.8. The zero-order chi connectivity index (χ0) is 13.0. The third-order valence-corrected chi connectivity index (χ3v) is 3.05. The number of hydrogen-bond donors (Lipinski definition) is 1. The van der Waals surface area contributed by atoms with Crippen molar-refractivity contribution in [2.24, 2.45) is 0 Å². The second-order valence-electron chi connectivity index (χ2n) is 3.93. The van der Waals surface area contributed by atoms with Crippen molar-refractivity contribution in [3.8, 4) is 6.07 Å². The number of furan rings is 1. The van der Waals surface area contributed by atoms with Gasteiger partial charge in [-0.2, -0.15) is 5.26 Å². The lowest BCUT2D eigenvalue weighted by atomic mass is 10.1. The maximum absolute atomic E-state index is 8.89. The van der Waals surface area contributed by atoms with E-state index in [9.17, 15) is 0 Å². The maximum Gasteiger partial charge on any atom is 0.125 e. The zero-order valence-corrected chi connectivity index (χ0v) is 10.7. The molecule has 92 valence electrons. The fourth-order valence-electron chi connectivity index (χ4n) is 1.76. The molecule has 18 heavy (non-hydrogen) atoms. The topological polar surface area (TPSA) is 49.0 Å². The van der Waals surface area contributed by atoms with Crippen LogP contribution >= 0.6 is 11.6 Å². The summed E-state index contributed by atoms with van der Waals surface area (Å²) in [4.78, 5) is 0. The van der Waals surface area contributed by atoms with Crippen LogP contribution in [0.4, 0.5) is 5.69 Å². The van der Waals surface area contributed by atoms with Crippen molar-refractivity contribution in [3.05, 3.63) is 52.9 Å². The molecule has 1 aromatic carbocycles. The Kier molecular flexibility index (Phi) is 3.91. The van der Waals surface area contributed by atoms with Gasteiger partial charge < -0.3 is 9.73 Å². The van der Waals surface area contributed by atoms with Crippen LogP contribution in [0.2, 0.25) is 5.02 Å². The summed E-state index contributed by atoms with van der Waals surface area (Å²) in [6.45, 7) is 2.06. The second-order valence-corrected chi connectivity index (χ2v) is 4.33. The van der Waals surface area contributed by atoms with Crippen LogP contribution in [-0.2, 0) is 0 Å². The smallest absolute Gasteiger partial charge is 0.125 e. The van der Waals surface area contributed by atoms with E-state index in [4.69, 9.17) is 21.3 Å². The van der Waals surface area contributed by atoms with Crippen molar-refractivity contribution in [1.82, 2.24) is 0 Å². The predicted molar refractivity (Wildman–Crippen MR) is 71.5 cm³/mol. The van der Waals surface area contributed by atoms with E-state index in [1.165, 1.54) is 0 Å². The fraction of sp³-hybridized carbons (Fsp3) is 0.214. The lowest BCUT2D eigenvalue weighted by Gasteiger charge is -2.17. The summed E-state index contributed by atoms with van der Waals surface area (Å²) in [5.74, 6) is 0.857. The maximum atomic E-state index is 8.89. The van der Waals surface area contributed by atoms with Gasteiger partial charge in [0.15, 0.2) is 0 Å². The van der Waals surface area contributed by atoms with Gasteiger partial charge in [-0.1, -0.05) is 18.5 Å². The summed E-state index contributed by atoms with van der Waals surface area (Å²) in [6.07, 6.45) is 2.51. The van der Waals surface area contributed by atoms with E-state index < -0.39 is 0 Å². The van der Waals surface area contributed by atoms with Gasteiger partial charge in [-0.15, -0.1) is 0 Å². The first kappa shape index (κ1) is 12.5. The van der Waals surface area contributed by atoms with Crippen LogP contribution in [0.25, 0.3) is 0 Å². The lowest BCUT2D eigenvalue weighted by Crippen LogP contribution is -2.09. The highest BCUT2D eigenvalue weighted by atomic mass is 35.5. The van der Waals surface area contributed by atoms with Crippen molar-refractivity contribution in [2.75, 3.05) is 5.32 Å².